The molecule has 0 saturated carbocycles. The molecule has 3 nitrogen and oxygen atoms in total. The van der Waals surface area contributed by atoms with Gasteiger partial charge in [-0.25, -0.2) is 8.42 Å². The van der Waals surface area contributed by atoms with E-state index in [0.717, 1.165) is 24.8 Å². The van der Waals surface area contributed by atoms with Crippen molar-refractivity contribution in [2.75, 3.05) is 0 Å². The number of allylic oxidation sites excluding steroid dienone is 2. The van der Waals surface area contributed by atoms with E-state index in [4.69, 9.17) is 0 Å². The minimum atomic E-state index is -3.68. The van der Waals surface area contributed by atoms with Gasteiger partial charge in [0.25, 0.3) is 0 Å². The summed E-state index contributed by atoms with van der Waals surface area (Å²) in [6, 6.07) is 6.64. The molecule has 0 fully saturated rings. The number of rotatable bonds is 8. The quantitative estimate of drug-likeness (QED) is 0.587. The van der Waals surface area contributed by atoms with Crippen LogP contribution >= 0.6 is 0 Å². The molecule has 1 atom stereocenters. The van der Waals surface area contributed by atoms with Crippen LogP contribution in [0, 0.1) is 6.92 Å². The Balaban J connectivity index is 3.06. The molecule has 0 spiro atoms. The first-order valence-corrected chi connectivity index (χ1v) is 8.74. The van der Waals surface area contributed by atoms with E-state index in [1.807, 2.05) is 6.92 Å². The maximum atomic E-state index is 12.6. The molecule has 21 heavy (non-hydrogen) atoms. The van der Waals surface area contributed by atoms with E-state index in [1.54, 1.807) is 24.3 Å². The van der Waals surface area contributed by atoms with E-state index < -0.39 is 15.9 Å². The van der Waals surface area contributed by atoms with Crippen LogP contribution in [0.25, 0.3) is 0 Å². The highest BCUT2D eigenvalue weighted by atomic mass is 32.2. The van der Waals surface area contributed by atoms with Crippen LogP contribution in [0.3, 0.4) is 0 Å². The lowest BCUT2D eigenvalue weighted by atomic mass is 10.1. The van der Waals surface area contributed by atoms with Gasteiger partial charge in [0.15, 0.2) is 0 Å². The number of sulfone groups is 1. The SMILES string of the molecule is C=C/C=C(\[C@@H](O)CCCCC)S(=O)(=O)c1ccc(C)cc1. The third-order valence-corrected chi connectivity index (χ3v) is 5.25. The first-order valence-electron chi connectivity index (χ1n) is 7.26. The predicted octanol–water partition coefficient (Wildman–Crippen LogP) is 3.78. The lowest BCUT2D eigenvalue weighted by Gasteiger charge is -2.15. The summed E-state index contributed by atoms with van der Waals surface area (Å²) in [6.07, 6.45) is 5.06. The highest BCUT2D eigenvalue weighted by Crippen LogP contribution is 2.25. The molecular weight excluding hydrogens is 284 g/mol. The van der Waals surface area contributed by atoms with Crippen LogP contribution in [-0.2, 0) is 9.84 Å². The van der Waals surface area contributed by atoms with E-state index >= 15 is 0 Å². The second kappa shape index (κ2) is 8.15. The van der Waals surface area contributed by atoms with Gasteiger partial charge in [-0.15, -0.1) is 0 Å². The molecule has 0 radical (unpaired) electrons. The third-order valence-electron chi connectivity index (χ3n) is 3.33. The molecule has 4 heteroatoms. The highest BCUT2D eigenvalue weighted by molar-refractivity contribution is 7.95. The van der Waals surface area contributed by atoms with Crippen LogP contribution in [0.4, 0.5) is 0 Å². The number of aryl methyl sites for hydroxylation is 1. The Hall–Kier alpha value is -1.39. The average Bonchev–Trinajstić information content (AvgIpc) is 2.45. The average molecular weight is 308 g/mol. The second-order valence-electron chi connectivity index (χ2n) is 5.13. The fourth-order valence-electron chi connectivity index (χ4n) is 2.08. The highest BCUT2D eigenvalue weighted by Gasteiger charge is 2.26. The van der Waals surface area contributed by atoms with Crippen molar-refractivity contribution in [2.45, 2.75) is 50.5 Å². The van der Waals surface area contributed by atoms with E-state index in [1.165, 1.54) is 12.2 Å². The molecule has 1 aromatic carbocycles. The Labute approximate surface area is 127 Å². The molecule has 0 saturated heterocycles. The van der Waals surface area contributed by atoms with Crippen LogP contribution in [-0.4, -0.2) is 19.6 Å². The minimum Gasteiger partial charge on any atom is -0.388 e. The lowest BCUT2D eigenvalue weighted by Crippen LogP contribution is -2.19. The molecule has 0 aliphatic carbocycles. The first-order chi connectivity index (χ1) is 9.93. The van der Waals surface area contributed by atoms with E-state index in [0.29, 0.717) is 6.42 Å². The summed E-state index contributed by atoms with van der Waals surface area (Å²) in [7, 11) is -3.68. The molecule has 1 N–H and O–H groups in total. The van der Waals surface area contributed by atoms with E-state index in [9.17, 15) is 13.5 Å². The van der Waals surface area contributed by atoms with Crippen molar-refractivity contribution in [3.63, 3.8) is 0 Å². The molecule has 0 unspecified atom stereocenters. The summed E-state index contributed by atoms with van der Waals surface area (Å²) in [5, 5.41) is 10.2. The zero-order chi connectivity index (χ0) is 15.9. The summed E-state index contributed by atoms with van der Waals surface area (Å²) in [6.45, 7) is 7.51. The summed E-state index contributed by atoms with van der Waals surface area (Å²) in [4.78, 5) is 0.230. The minimum absolute atomic E-state index is 0.0254. The summed E-state index contributed by atoms with van der Waals surface area (Å²) in [5.74, 6) is 0. The molecule has 0 heterocycles. The summed E-state index contributed by atoms with van der Waals surface area (Å²) < 4.78 is 25.3. The van der Waals surface area contributed by atoms with Gasteiger partial charge in [-0.3, -0.25) is 0 Å². The Kier molecular flexibility index (Phi) is 6.85. The van der Waals surface area contributed by atoms with E-state index in [2.05, 4.69) is 13.5 Å². The van der Waals surface area contributed by atoms with Gasteiger partial charge in [0, 0.05) is 0 Å². The molecule has 0 aliphatic heterocycles. The maximum Gasteiger partial charge on any atom is 0.205 e. The zero-order valence-electron chi connectivity index (χ0n) is 12.7. The van der Waals surface area contributed by atoms with Gasteiger partial charge in [0.05, 0.1) is 15.9 Å². The van der Waals surface area contributed by atoms with Crippen LogP contribution in [0.1, 0.15) is 38.2 Å². The van der Waals surface area contributed by atoms with Crippen LogP contribution in [0.15, 0.2) is 52.8 Å². The third kappa shape index (κ3) is 4.83. The van der Waals surface area contributed by atoms with Gasteiger partial charge in [-0.1, -0.05) is 56.5 Å². The molecular formula is C17H24O3S. The molecule has 116 valence electrons. The monoisotopic (exact) mass is 308 g/mol. The number of unbranched alkanes of at least 4 members (excludes halogenated alkanes) is 2. The standard InChI is InChI=1S/C17H24O3S/c1-4-6-7-9-16(18)17(8-5-2)21(19,20)15-12-10-14(3)11-13-15/h5,8,10-13,16,18H,2,4,6-7,9H2,1,3H3/b17-8+/t16-/m0/s1. The summed E-state index contributed by atoms with van der Waals surface area (Å²) >= 11 is 0. The van der Waals surface area contributed by atoms with Gasteiger partial charge < -0.3 is 5.11 Å². The van der Waals surface area contributed by atoms with Crippen molar-refractivity contribution >= 4 is 9.84 Å². The fourth-order valence-corrected chi connectivity index (χ4v) is 3.60. The van der Waals surface area contributed by atoms with Crippen LogP contribution < -0.4 is 0 Å². The van der Waals surface area contributed by atoms with Gasteiger partial charge in [0.2, 0.25) is 9.84 Å². The molecule has 0 aliphatic rings. The van der Waals surface area contributed by atoms with Crippen molar-refractivity contribution in [3.05, 3.63) is 53.5 Å². The van der Waals surface area contributed by atoms with Crippen molar-refractivity contribution in [1.82, 2.24) is 0 Å². The second-order valence-corrected chi connectivity index (χ2v) is 7.08. The number of benzene rings is 1. The van der Waals surface area contributed by atoms with Gasteiger partial charge in [0.1, 0.15) is 0 Å². The van der Waals surface area contributed by atoms with Crippen molar-refractivity contribution < 1.29 is 13.5 Å². The largest absolute Gasteiger partial charge is 0.388 e. The van der Waals surface area contributed by atoms with E-state index in [-0.39, 0.29) is 9.80 Å². The topological polar surface area (TPSA) is 54.4 Å². The Morgan fingerprint density at radius 2 is 1.90 bits per heavy atom. The molecule has 0 aromatic heterocycles. The normalized spacial score (nSPS) is 14.0. The van der Waals surface area contributed by atoms with Gasteiger partial charge in [-0.05, 0) is 31.6 Å². The number of aliphatic hydroxyl groups excluding tert-OH is 1. The molecule has 1 rings (SSSR count). The molecule has 1 aromatic rings. The number of hydrogen-bond acceptors (Lipinski definition) is 3. The predicted molar refractivity (Wildman–Crippen MR) is 86.8 cm³/mol. The van der Waals surface area contributed by atoms with Crippen molar-refractivity contribution in [1.29, 1.82) is 0 Å². The number of aliphatic hydroxyl groups is 1. The van der Waals surface area contributed by atoms with Crippen molar-refractivity contribution in [3.8, 4) is 0 Å². The van der Waals surface area contributed by atoms with Gasteiger partial charge in [-0.2, -0.15) is 0 Å². The zero-order valence-corrected chi connectivity index (χ0v) is 13.6. The maximum absolute atomic E-state index is 12.6. The summed E-state index contributed by atoms with van der Waals surface area (Å²) in [5.41, 5.74) is 0.992. The molecule has 0 bridgehead atoms. The smallest absolute Gasteiger partial charge is 0.205 e. The lowest BCUT2D eigenvalue weighted by molar-refractivity contribution is 0.203. The first kappa shape index (κ1) is 17.7. The van der Waals surface area contributed by atoms with Crippen LogP contribution in [0.5, 0.6) is 0 Å². The Morgan fingerprint density at radius 1 is 1.29 bits per heavy atom. The van der Waals surface area contributed by atoms with Gasteiger partial charge >= 0.3 is 0 Å². The molecule has 0 amide bonds. The Bertz CT molecular complexity index is 583. The Morgan fingerprint density at radius 3 is 2.43 bits per heavy atom. The van der Waals surface area contributed by atoms with Crippen molar-refractivity contribution in [2.24, 2.45) is 0 Å². The van der Waals surface area contributed by atoms with Crippen LogP contribution in [0.2, 0.25) is 0 Å². The fraction of sp³-hybridized carbons (Fsp3) is 0.412. The number of hydrogen-bond donors (Lipinski definition) is 1.